The second kappa shape index (κ2) is 12.4. The summed E-state index contributed by atoms with van der Waals surface area (Å²) in [6, 6.07) is 13.1. The van der Waals surface area contributed by atoms with Crippen LogP contribution in [0.4, 0.5) is 0 Å². The molecule has 8 heteroatoms. The molecular formula is C39H47N5O3. The van der Waals surface area contributed by atoms with Crippen molar-refractivity contribution in [3.8, 4) is 5.82 Å². The summed E-state index contributed by atoms with van der Waals surface area (Å²) in [6.07, 6.45) is 12.7. The van der Waals surface area contributed by atoms with Gasteiger partial charge >= 0.3 is 5.97 Å². The van der Waals surface area contributed by atoms with Crippen LogP contribution in [0, 0.1) is 17.3 Å². The van der Waals surface area contributed by atoms with Gasteiger partial charge in [0.05, 0.1) is 17.6 Å². The van der Waals surface area contributed by atoms with Gasteiger partial charge in [0.15, 0.2) is 5.82 Å². The predicted octanol–water partition coefficient (Wildman–Crippen LogP) is 7.04. The number of hydrogen-bond acceptors (Lipinski definition) is 5. The highest BCUT2D eigenvalue weighted by Gasteiger charge is 2.45. The zero-order valence-corrected chi connectivity index (χ0v) is 28.2. The van der Waals surface area contributed by atoms with Crippen LogP contribution in [0.5, 0.6) is 0 Å². The largest absolute Gasteiger partial charge is 0.478 e. The number of aromatic nitrogens is 3. The van der Waals surface area contributed by atoms with E-state index in [1.807, 2.05) is 19.1 Å². The lowest BCUT2D eigenvalue weighted by atomic mass is 9.75. The Bertz CT molecular complexity index is 1760. The number of carboxylic acids is 1. The number of pyridine rings is 1. The van der Waals surface area contributed by atoms with E-state index in [1.165, 1.54) is 28.6 Å². The Morgan fingerprint density at radius 3 is 2.51 bits per heavy atom. The highest BCUT2D eigenvalue weighted by Crippen LogP contribution is 2.50. The summed E-state index contributed by atoms with van der Waals surface area (Å²) in [6.45, 7) is 12.5. The van der Waals surface area contributed by atoms with Crippen LogP contribution < -0.4 is 0 Å². The molecule has 0 bridgehead atoms. The van der Waals surface area contributed by atoms with Crippen LogP contribution in [0.2, 0.25) is 0 Å². The predicted molar refractivity (Wildman–Crippen MR) is 183 cm³/mol. The Hall–Kier alpha value is -4.20. The zero-order valence-electron chi connectivity index (χ0n) is 28.2. The fraction of sp³-hybridized carbons (Fsp3) is 0.487. The van der Waals surface area contributed by atoms with Gasteiger partial charge in [-0.2, -0.15) is 5.10 Å². The maximum absolute atomic E-state index is 12.6. The van der Waals surface area contributed by atoms with E-state index in [-0.39, 0.29) is 11.0 Å². The Morgan fingerprint density at radius 2 is 1.81 bits per heavy atom. The lowest BCUT2D eigenvalue weighted by molar-refractivity contribution is -0.133. The van der Waals surface area contributed by atoms with Crippen LogP contribution >= 0.6 is 0 Å². The Morgan fingerprint density at radius 1 is 1.02 bits per heavy atom. The fourth-order valence-electron chi connectivity index (χ4n) is 8.29. The summed E-state index contributed by atoms with van der Waals surface area (Å²) in [5, 5.41) is 14.1. The zero-order chi connectivity index (χ0) is 32.9. The van der Waals surface area contributed by atoms with E-state index < -0.39 is 5.97 Å². The number of piperidine rings is 1. The average Bonchev–Trinajstić information content (AvgIpc) is 3.78. The molecule has 0 radical (unpaired) electrons. The van der Waals surface area contributed by atoms with E-state index in [4.69, 9.17) is 4.98 Å². The number of carboxylic acid groups (broad SMARTS) is 1. The van der Waals surface area contributed by atoms with Crippen molar-refractivity contribution in [1.29, 1.82) is 0 Å². The lowest BCUT2D eigenvalue weighted by Gasteiger charge is -2.33. The molecule has 2 aliphatic heterocycles. The number of aryl methyl sites for hydroxylation is 1. The second-order valence-electron chi connectivity index (χ2n) is 14.6. The molecule has 1 N–H and O–H groups in total. The van der Waals surface area contributed by atoms with Gasteiger partial charge < -0.3 is 14.9 Å². The molecule has 7 rings (SSSR count). The van der Waals surface area contributed by atoms with Crippen LogP contribution in [0.25, 0.3) is 11.4 Å². The SMILES string of the molecule is CCc1cc(CN2CC(C)(C)C3CC=CC(c4cccc(-n5ncc(C(=O)O)c5CC)n4)=C32)ccc1C1CCN(C(=O)C2CC2)CC1. The Balaban J connectivity index is 1.17. The molecule has 4 heterocycles. The number of nitrogens with zero attached hydrogens (tertiary/aromatic N) is 5. The number of hydrogen-bond donors (Lipinski definition) is 1. The van der Waals surface area contributed by atoms with Crippen LogP contribution in [-0.2, 0) is 24.2 Å². The fourth-order valence-corrected chi connectivity index (χ4v) is 8.29. The molecule has 4 aliphatic rings. The first kappa shape index (κ1) is 31.4. The van der Waals surface area contributed by atoms with E-state index in [0.29, 0.717) is 41.6 Å². The molecule has 47 heavy (non-hydrogen) atoms. The highest BCUT2D eigenvalue weighted by atomic mass is 16.4. The van der Waals surface area contributed by atoms with Crippen molar-refractivity contribution >= 4 is 17.4 Å². The highest BCUT2D eigenvalue weighted by molar-refractivity contribution is 5.88. The minimum Gasteiger partial charge on any atom is -0.478 e. The van der Waals surface area contributed by atoms with Gasteiger partial charge in [-0.25, -0.2) is 14.5 Å². The third-order valence-electron chi connectivity index (χ3n) is 10.9. The molecule has 1 amide bonds. The van der Waals surface area contributed by atoms with Gasteiger partial charge in [-0.3, -0.25) is 4.79 Å². The summed E-state index contributed by atoms with van der Waals surface area (Å²) in [7, 11) is 0. The summed E-state index contributed by atoms with van der Waals surface area (Å²) in [4.78, 5) is 34.2. The van der Waals surface area contributed by atoms with Crippen LogP contribution in [0.1, 0.15) is 104 Å². The van der Waals surface area contributed by atoms with Gasteiger partial charge in [0.25, 0.3) is 0 Å². The summed E-state index contributed by atoms with van der Waals surface area (Å²) in [5.41, 5.74) is 8.56. The standard InChI is InChI=1S/C39H47N5O3/c1-5-26-21-25(13-16-29(26)27-17-19-42(20-18-27)37(45)28-14-15-28)23-43-24-39(3,4)32-10-7-9-30(36(32)43)33-11-8-12-35(41-33)44-34(6-2)31(22-40-44)38(46)47/h7-9,11-13,16,21-22,27-28,32H,5-6,10,14-15,17-20,23-24H2,1-4H3,(H,46,47). The Kier molecular flexibility index (Phi) is 8.31. The first-order valence-electron chi connectivity index (χ1n) is 17.5. The van der Waals surface area contributed by atoms with Gasteiger partial charge in [-0.05, 0) is 85.1 Å². The topological polar surface area (TPSA) is 91.6 Å². The van der Waals surface area contributed by atoms with E-state index in [2.05, 4.69) is 72.1 Å². The molecular weight excluding hydrogens is 586 g/mol. The molecule has 8 nitrogen and oxygen atoms in total. The molecule has 3 aromatic rings. The monoisotopic (exact) mass is 633 g/mol. The molecule has 2 aromatic heterocycles. The molecule has 246 valence electrons. The van der Waals surface area contributed by atoms with Crippen molar-refractivity contribution in [1.82, 2.24) is 24.6 Å². The van der Waals surface area contributed by atoms with Gasteiger partial charge in [0.2, 0.25) is 5.91 Å². The van der Waals surface area contributed by atoms with Crippen molar-refractivity contribution < 1.29 is 14.7 Å². The Labute approximate surface area is 278 Å². The molecule has 2 aliphatic carbocycles. The summed E-state index contributed by atoms with van der Waals surface area (Å²) >= 11 is 0. The number of likely N-dealkylation sites (tertiary alicyclic amines) is 2. The van der Waals surface area contributed by atoms with Crippen LogP contribution in [-0.4, -0.2) is 61.2 Å². The smallest absolute Gasteiger partial charge is 0.339 e. The second-order valence-corrected chi connectivity index (χ2v) is 14.6. The summed E-state index contributed by atoms with van der Waals surface area (Å²) in [5.74, 6) is 1.25. The van der Waals surface area contributed by atoms with Gasteiger partial charge in [0.1, 0.15) is 5.56 Å². The van der Waals surface area contributed by atoms with Gasteiger partial charge in [-0.1, -0.05) is 64.1 Å². The van der Waals surface area contributed by atoms with Crippen LogP contribution in [0.15, 0.2) is 60.4 Å². The van der Waals surface area contributed by atoms with Crippen LogP contribution in [0.3, 0.4) is 0 Å². The molecule has 1 aromatic carbocycles. The number of fused-ring (bicyclic) bond motifs is 1. The molecule has 0 spiro atoms. The number of amides is 1. The first-order chi connectivity index (χ1) is 22.7. The lowest BCUT2D eigenvalue weighted by Crippen LogP contribution is -2.38. The van der Waals surface area contributed by atoms with E-state index in [1.54, 1.807) is 4.68 Å². The molecule has 2 saturated heterocycles. The van der Waals surface area contributed by atoms with Crippen molar-refractivity contribution in [3.05, 3.63) is 94.1 Å². The first-order valence-corrected chi connectivity index (χ1v) is 17.5. The van der Waals surface area contributed by atoms with Crippen molar-refractivity contribution in [2.24, 2.45) is 17.3 Å². The summed E-state index contributed by atoms with van der Waals surface area (Å²) < 4.78 is 1.67. The van der Waals surface area contributed by atoms with Crippen molar-refractivity contribution in [3.63, 3.8) is 0 Å². The number of benzene rings is 1. The minimum absolute atomic E-state index is 0.107. The number of carbonyl (C=O) groups is 2. The van der Waals surface area contributed by atoms with Crippen molar-refractivity contribution in [2.45, 2.75) is 85.1 Å². The van der Waals surface area contributed by atoms with Crippen molar-refractivity contribution in [2.75, 3.05) is 19.6 Å². The third-order valence-corrected chi connectivity index (χ3v) is 10.9. The minimum atomic E-state index is -0.971. The average molecular weight is 634 g/mol. The number of rotatable bonds is 9. The maximum atomic E-state index is 12.6. The third kappa shape index (κ3) is 5.92. The van der Waals surface area contributed by atoms with Gasteiger partial charge in [0, 0.05) is 49.3 Å². The van der Waals surface area contributed by atoms with E-state index >= 15 is 0 Å². The molecule has 1 unspecified atom stereocenters. The molecule has 1 saturated carbocycles. The molecule has 1 atom stereocenters. The van der Waals surface area contributed by atoms with E-state index in [9.17, 15) is 14.7 Å². The van der Waals surface area contributed by atoms with Gasteiger partial charge in [-0.15, -0.1) is 0 Å². The van der Waals surface area contributed by atoms with E-state index in [0.717, 1.165) is 76.0 Å². The maximum Gasteiger partial charge on any atom is 0.339 e. The molecule has 3 fully saturated rings. The number of aromatic carboxylic acids is 1. The number of allylic oxidation sites excluding steroid dienone is 4. The quantitative estimate of drug-likeness (QED) is 0.272. The number of carbonyl (C=O) groups excluding carboxylic acids is 1. The normalized spacial score (nSPS) is 21.0.